The highest BCUT2D eigenvalue weighted by Gasteiger charge is 2.40. The first-order valence-corrected chi connectivity index (χ1v) is 6.10. The lowest BCUT2D eigenvalue weighted by atomic mass is 9.71. The van der Waals surface area contributed by atoms with Crippen molar-refractivity contribution >= 4 is 15.2 Å². The van der Waals surface area contributed by atoms with Gasteiger partial charge in [0.2, 0.25) is 0 Å². The van der Waals surface area contributed by atoms with Crippen molar-refractivity contribution in [2.45, 2.75) is 39.3 Å². The molecule has 0 bridgehead atoms. The first kappa shape index (κ1) is 12.0. The summed E-state index contributed by atoms with van der Waals surface area (Å²) < 4.78 is 0. The third-order valence-electron chi connectivity index (χ3n) is 3.62. The Morgan fingerprint density at radius 1 is 1.43 bits per heavy atom. The summed E-state index contributed by atoms with van der Waals surface area (Å²) in [5.41, 5.74) is 0.247. The molecule has 1 saturated carbocycles. The maximum absolute atomic E-state index is 11.1. The van der Waals surface area contributed by atoms with Gasteiger partial charge in [-0.05, 0) is 36.3 Å². The van der Waals surface area contributed by atoms with Gasteiger partial charge in [0.1, 0.15) is 0 Å². The number of aliphatic carboxylic acids is 1. The quantitative estimate of drug-likeness (QED) is 0.720. The fourth-order valence-corrected chi connectivity index (χ4v) is 3.84. The van der Waals surface area contributed by atoms with Crippen molar-refractivity contribution in [3.63, 3.8) is 0 Å². The van der Waals surface area contributed by atoms with E-state index in [1.54, 1.807) is 0 Å². The Bertz CT molecular complexity index is 215. The Morgan fingerprint density at radius 3 is 2.43 bits per heavy atom. The number of rotatable bonds is 2. The van der Waals surface area contributed by atoms with Crippen LogP contribution in [0.4, 0.5) is 0 Å². The average molecular weight is 216 g/mol. The maximum Gasteiger partial charge on any atom is 0.307 e. The Morgan fingerprint density at radius 2 is 2.00 bits per heavy atom. The molecule has 3 heteroatoms. The second-order valence-corrected chi connectivity index (χ2v) is 5.67. The van der Waals surface area contributed by atoms with Crippen LogP contribution in [0.25, 0.3) is 0 Å². The van der Waals surface area contributed by atoms with E-state index >= 15 is 0 Å². The van der Waals surface area contributed by atoms with Gasteiger partial charge in [-0.25, -0.2) is 0 Å². The maximum atomic E-state index is 11.1. The third-order valence-corrected chi connectivity index (χ3v) is 4.53. The molecule has 2 nitrogen and oxygen atoms in total. The molecule has 0 aromatic heterocycles. The predicted octanol–water partition coefficient (Wildman–Crippen LogP) is 2.63. The van der Waals surface area contributed by atoms with Gasteiger partial charge in [-0.2, -0.15) is 0 Å². The average Bonchev–Trinajstić information content (AvgIpc) is 2.02. The third kappa shape index (κ3) is 2.28. The summed E-state index contributed by atoms with van der Waals surface area (Å²) in [6, 6.07) is 0. The normalized spacial score (nSPS) is 38.6. The number of hydrogen-bond donors (Lipinski definition) is 1. The van der Waals surface area contributed by atoms with Crippen LogP contribution in [0.1, 0.15) is 33.6 Å². The Kier molecular flexibility index (Phi) is 3.94. The predicted molar refractivity (Wildman–Crippen MR) is 61.3 cm³/mol. The zero-order chi connectivity index (χ0) is 10.9. The molecule has 5 atom stereocenters. The second-order valence-electron chi connectivity index (χ2n) is 4.90. The number of carboxylic acid groups (broad SMARTS) is 1. The molecule has 0 aromatic carbocycles. The van der Waals surface area contributed by atoms with Gasteiger partial charge in [-0.15, -0.1) is 9.24 Å². The van der Waals surface area contributed by atoms with Crippen LogP contribution in [0, 0.1) is 23.7 Å². The number of carbonyl (C=O) groups is 1. The molecule has 82 valence electrons. The summed E-state index contributed by atoms with van der Waals surface area (Å²) in [6.45, 7) is 6.44. The van der Waals surface area contributed by atoms with Gasteiger partial charge in [0.15, 0.2) is 0 Å². The minimum atomic E-state index is -0.622. The molecule has 0 aliphatic heterocycles. The summed E-state index contributed by atoms with van der Waals surface area (Å²) in [5, 5.41) is 9.17. The molecule has 1 aliphatic rings. The van der Waals surface area contributed by atoms with Crippen LogP contribution in [0.2, 0.25) is 0 Å². The summed E-state index contributed by atoms with van der Waals surface area (Å²) >= 11 is 0. The van der Waals surface area contributed by atoms with E-state index in [2.05, 4.69) is 30.0 Å². The molecule has 0 aromatic rings. The Hall–Kier alpha value is -0.100. The Labute approximate surface area is 88.7 Å². The van der Waals surface area contributed by atoms with E-state index in [0.29, 0.717) is 17.8 Å². The molecule has 1 rings (SSSR count). The zero-order valence-electron chi connectivity index (χ0n) is 9.23. The van der Waals surface area contributed by atoms with Gasteiger partial charge in [-0.3, -0.25) is 4.79 Å². The number of carboxylic acids is 1. The first-order valence-electron chi connectivity index (χ1n) is 5.43. The largest absolute Gasteiger partial charge is 0.481 e. The van der Waals surface area contributed by atoms with E-state index in [0.717, 1.165) is 6.42 Å². The van der Waals surface area contributed by atoms with Crippen molar-refractivity contribution in [2.24, 2.45) is 23.7 Å². The fourth-order valence-electron chi connectivity index (χ4n) is 2.66. The lowest BCUT2D eigenvalue weighted by molar-refractivity contribution is -0.145. The summed E-state index contributed by atoms with van der Waals surface area (Å²) in [7, 11) is 2.76. The highest BCUT2D eigenvalue weighted by molar-refractivity contribution is 7.17. The van der Waals surface area contributed by atoms with Crippen LogP contribution in [-0.4, -0.2) is 16.7 Å². The van der Waals surface area contributed by atoms with Crippen molar-refractivity contribution in [1.29, 1.82) is 0 Å². The molecule has 1 aliphatic carbocycles. The van der Waals surface area contributed by atoms with E-state index in [4.69, 9.17) is 5.11 Å². The van der Waals surface area contributed by atoms with E-state index in [1.807, 2.05) is 0 Å². The zero-order valence-corrected chi connectivity index (χ0v) is 10.4. The summed E-state index contributed by atoms with van der Waals surface area (Å²) in [4.78, 5) is 11.1. The van der Waals surface area contributed by atoms with Gasteiger partial charge in [0.25, 0.3) is 0 Å². The highest BCUT2D eigenvalue weighted by atomic mass is 31.0. The van der Waals surface area contributed by atoms with Crippen molar-refractivity contribution in [3.8, 4) is 0 Å². The van der Waals surface area contributed by atoms with Gasteiger partial charge in [-0.1, -0.05) is 20.8 Å². The van der Waals surface area contributed by atoms with Crippen LogP contribution in [0.5, 0.6) is 0 Å². The van der Waals surface area contributed by atoms with Crippen LogP contribution >= 0.6 is 9.24 Å². The molecule has 14 heavy (non-hydrogen) atoms. The van der Waals surface area contributed by atoms with Gasteiger partial charge < -0.3 is 5.11 Å². The Balaban J connectivity index is 2.77. The van der Waals surface area contributed by atoms with Crippen molar-refractivity contribution in [1.82, 2.24) is 0 Å². The summed E-state index contributed by atoms with van der Waals surface area (Å²) in [6.07, 6.45) is 2.24. The molecular weight excluding hydrogens is 195 g/mol. The lowest BCUT2D eigenvalue weighted by Gasteiger charge is -2.39. The van der Waals surface area contributed by atoms with Gasteiger partial charge in [0, 0.05) is 0 Å². The number of hydrogen-bond acceptors (Lipinski definition) is 1. The molecule has 0 saturated heterocycles. The minimum Gasteiger partial charge on any atom is -0.481 e. The highest BCUT2D eigenvalue weighted by Crippen LogP contribution is 2.41. The first-order chi connectivity index (χ1) is 6.45. The molecule has 0 radical (unpaired) electrons. The van der Waals surface area contributed by atoms with E-state index in [1.165, 1.54) is 6.42 Å². The second kappa shape index (κ2) is 4.61. The molecule has 5 unspecified atom stereocenters. The lowest BCUT2D eigenvalue weighted by Crippen LogP contribution is -2.40. The standard InChI is InChI=1S/C11H21O2P/c1-6(2)8-5-4-7(3)9(10(8)14)11(12)13/h6-10H,4-5,14H2,1-3H3,(H,12,13). The van der Waals surface area contributed by atoms with Crippen LogP contribution < -0.4 is 0 Å². The van der Waals surface area contributed by atoms with Crippen LogP contribution in [-0.2, 0) is 4.79 Å². The van der Waals surface area contributed by atoms with Crippen molar-refractivity contribution in [3.05, 3.63) is 0 Å². The molecule has 1 N–H and O–H groups in total. The fraction of sp³-hybridized carbons (Fsp3) is 0.909. The van der Waals surface area contributed by atoms with Crippen molar-refractivity contribution in [2.75, 3.05) is 0 Å². The van der Waals surface area contributed by atoms with E-state index < -0.39 is 5.97 Å². The molecule has 0 heterocycles. The molecule has 0 spiro atoms. The smallest absolute Gasteiger partial charge is 0.307 e. The van der Waals surface area contributed by atoms with Gasteiger partial charge in [0.05, 0.1) is 5.92 Å². The molecule has 0 amide bonds. The monoisotopic (exact) mass is 216 g/mol. The van der Waals surface area contributed by atoms with Crippen molar-refractivity contribution < 1.29 is 9.90 Å². The van der Waals surface area contributed by atoms with E-state index in [-0.39, 0.29) is 11.6 Å². The SMILES string of the molecule is CC(C)C1CCC(C)C(C(=O)O)C1P. The van der Waals surface area contributed by atoms with E-state index in [9.17, 15) is 4.79 Å². The molecular formula is C11H21O2P. The topological polar surface area (TPSA) is 37.3 Å². The molecule has 1 fully saturated rings. The van der Waals surface area contributed by atoms with Crippen LogP contribution in [0.15, 0.2) is 0 Å². The minimum absolute atomic E-state index is 0.166. The summed E-state index contributed by atoms with van der Waals surface area (Å²) in [5.74, 6) is 0.679. The van der Waals surface area contributed by atoms with Crippen LogP contribution in [0.3, 0.4) is 0 Å². The van der Waals surface area contributed by atoms with Gasteiger partial charge >= 0.3 is 5.97 Å².